The summed E-state index contributed by atoms with van der Waals surface area (Å²) in [5.41, 5.74) is 9.40. The van der Waals surface area contributed by atoms with E-state index in [0.29, 0.717) is 6.04 Å². The van der Waals surface area contributed by atoms with Crippen LogP contribution in [0.2, 0.25) is 0 Å². The van der Waals surface area contributed by atoms with Gasteiger partial charge in [0.15, 0.2) is 0 Å². The van der Waals surface area contributed by atoms with Crippen LogP contribution in [0.25, 0.3) is 0 Å². The van der Waals surface area contributed by atoms with E-state index >= 15 is 0 Å². The van der Waals surface area contributed by atoms with Crippen LogP contribution in [0.15, 0.2) is 18.2 Å². The van der Waals surface area contributed by atoms with E-state index in [0.717, 1.165) is 38.4 Å². The average Bonchev–Trinajstić information content (AvgIpc) is 2.35. The molecule has 17 heavy (non-hydrogen) atoms. The highest BCUT2D eigenvalue weighted by molar-refractivity contribution is 5.49. The van der Waals surface area contributed by atoms with Gasteiger partial charge in [0, 0.05) is 24.8 Å². The summed E-state index contributed by atoms with van der Waals surface area (Å²) in [6.45, 7) is 8.03. The van der Waals surface area contributed by atoms with E-state index in [4.69, 9.17) is 10.5 Å². The fourth-order valence-corrected chi connectivity index (χ4v) is 2.37. The minimum Gasteiger partial charge on any atom is -0.399 e. The Balaban J connectivity index is 2.11. The lowest BCUT2D eigenvalue weighted by atomic mass is 10.0. The monoisotopic (exact) mass is 234 g/mol. The molecule has 0 amide bonds. The molecule has 1 heterocycles. The maximum absolute atomic E-state index is 5.95. The summed E-state index contributed by atoms with van der Waals surface area (Å²) in [4.78, 5) is 2.51. The maximum Gasteiger partial charge on any atom is 0.0622 e. The summed E-state index contributed by atoms with van der Waals surface area (Å²) in [6.07, 6.45) is 1.14. The number of morpholine rings is 1. The van der Waals surface area contributed by atoms with Crippen molar-refractivity contribution >= 4 is 5.69 Å². The Kier molecular flexibility index (Phi) is 4.02. The Morgan fingerprint density at radius 1 is 1.47 bits per heavy atom. The Bertz CT molecular complexity index is 378. The fourth-order valence-electron chi connectivity index (χ4n) is 2.37. The quantitative estimate of drug-likeness (QED) is 0.815. The maximum atomic E-state index is 5.95. The van der Waals surface area contributed by atoms with E-state index in [1.54, 1.807) is 0 Å². The molecule has 94 valence electrons. The molecule has 1 aromatic rings. The van der Waals surface area contributed by atoms with Gasteiger partial charge in [-0.15, -0.1) is 0 Å². The second-order valence-corrected chi connectivity index (χ2v) is 4.74. The smallest absolute Gasteiger partial charge is 0.0622 e. The molecule has 0 saturated carbocycles. The molecule has 2 N–H and O–H groups in total. The van der Waals surface area contributed by atoms with Gasteiger partial charge in [-0.3, -0.25) is 4.90 Å². The lowest BCUT2D eigenvalue weighted by Gasteiger charge is -2.35. The minimum atomic E-state index is 0.546. The molecule has 1 aliphatic heterocycles. The van der Waals surface area contributed by atoms with Gasteiger partial charge in [0.1, 0.15) is 0 Å². The third kappa shape index (κ3) is 2.79. The predicted molar refractivity (Wildman–Crippen MR) is 70.9 cm³/mol. The van der Waals surface area contributed by atoms with Gasteiger partial charge in [-0.05, 0) is 30.5 Å². The van der Waals surface area contributed by atoms with Crippen molar-refractivity contribution in [1.82, 2.24) is 4.90 Å². The molecule has 0 aromatic heterocycles. The molecule has 1 unspecified atom stereocenters. The zero-order valence-corrected chi connectivity index (χ0v) is 10.8. The average molecular weight is 234 g/mol. The first-order valence-electron chi connectivity index (χ1n) is 6.38. The van der Waals surface area contributed by atoms with Crippen LogP contribution in [0.1, 0.15) is 24.5 Å². The van der Waals surface area contributed by atoms with E-state index in [2.05, 4.69) is 24.8 Å². The Morgan fingerprint density at radius 2 is 2.29 bits per heavy atom. The number of benzene rings is 1. The van der Waals surface area contributed by atoms with Crippen molar-refractivity contribution in [1.29, 1.82) is 0 Å². The molecular weight excluding hydrogens is 212 g/mol. The number of nitrogen functional groups attached to an aromatic ring is 1. The highest BCUT2D eigenvalue weighted by atomic mass is 16.5. The molecule has 1 fully saturated rings. The molecule has 1 aliphatic rings. The van der Waals surface area contributed by atoms with E-state index in [9.17, 15) is 0 Å². The van der Waals surface area contributed by atoms with Crippen molar-refractivity contribution < 1.29 is 4.74 Å². The summed E-state index contributed by atoms with van der Waals surface area (Å²) < 4.78 is 5.53. The van der Waals surface area contributed by atoms with Crippen molar-refractivity contribution in [3.05, 3.63) is 29.3 Å². The minimum absolute atomic E-state index is 0.546. The highest BCUT2D eigenvalue weighted by Gasteiger charge is 2.21. The van der Waals surface area contributed by atoms with Gasteiger partial charge in [0.2, 0.25) is 0 Å². The van der Waals surface area contributed by atoms with Gasteiger partial charge in [0.25, 0.3) is 0 Å². The molecule has 1 atom stereocenters. The lowest BCUT2D eigenvalue weighted by molar-refractivity contribution is -0.0128. The van der Waals surface area contributed by atoms with Crippen molar-refractivity contribution in [2.24, 2.45) is 0 Å². The van der Waals surface area contributed by atoms with E-state index in [1.165, 1.54) is 11.1 Å². The van der Waals surface area contributed by atoms with E-state index in [-0.39, 0.29) is 0 Å². The number of hydrogen-bond acceptors (Lipinski definition) is 3. The molecule has 0 bridgehead atoms. The summed E-state index contributed by atoms with van der Waals surface area (Å²) in [7, 11) is 0. The first-order chi connectivity index (χ1) is 8.22. The van der Waals surface area contributed by atoms with Gasteiger partial charge in [0.05, 0.1) is 13.2 Å². The molecule has 3 heteroatoms. The summed E-state index contributed by atoms with van der Waals surface area (Å²) >= 11 is 0. The molecule has 3 nitrogen and oxygen atoms in total. The number of nitrogens with two attached hydrogens (primary N) is 1. The largest absolute Gasteiger partial charge is 0.399 e. The fraction of sp³-hybridized carbons (Fsp3) is 0.571. The normalized spacial score (nSPS) is 21.6. The van der Waals surface area contributed by atoms with Crippen molar-refractivity contribution in [3.63, 3.8) is 0 Å². The molecule has 0 aliphatic carbocycles. The van der Waals surface area contributed by atoms with Gasteiger partial charge < -0.3 is 10.5 Å². The Hall–Kier alpha value is -1.06. The van der Waals surface area contributed by atoms with E-state index in [1.807, 2.05) is 12.1 Å². The zero-order valence-electron chi connectivity index (χ0n) is 10.8. The van der Waals surface area contributed by atoms with Crippen LogP contribution in [0.5, 0.6) is 0 Å². The molecule has 0 spiro atoms. The predicted octanol–water partition coefficient (Wildman–Crippen LogP) is 2.19. The van der Waals surface area contributed by atoms with Crippen LogP contribution in [0.4, 0.5) is 5.69 Å². The second kappa shape index (κ2) is 5.52. The Morgan fingerprint density at radius 3 is 3.06 bits per heavy atom. The zero-order chi connectivity index (χ0) is 12.3. The standard InChI is InChI=1S/C14H22N2O/c1-3-13-10-17-8-7-16(13)9-12-5-4-6-14(15)11(12)2/h4-6,13H,3,7-10,15H2,1-2H3. The van der Waals surface area contributed by atoms with Crippen LogP contribution in [0.3, 0.4) is 0 Å². The van der Waals surface area contributed by atoms with Crippen LogP contribution in [-0.4, -0.2) is 30.7 Å². The number of hydrogen-bond donors (Lipinski definition) is 1. The van der Waals surface area contributed by atoms with Gasteiger partial charge in [-0.1, -0.05) is 19.1 Å². The van der Waals surface area contributed by atoms with Crippen LogP contribution >= 0.6 is 0 Å². The first kappa shape index (κ1) is 12.4. The van der Waals surface area contributed by atoms with Crippen LogP contribution in [-0.2, 0) is 11.3 Å². The third-order valence-corrected chi connectivity index (χ3v) is 3.68. The number of nitrogens with zero attached hydrogens (tertiary/aromatic N) is 1. The Labute approximate surface area is 104 Å². The van der Waals surface area contributed by atoms with Crippen molar-refractivity contribution in [2.75, 3.05) is 25.5 Å². The summed E-state index contributed by atoms with van der Waals surface area (Å²) in [5, 5.41) is 0. The van der Waals surface area contributed by atoms with Gasteiger partial charge in [-0.2, -0.15) is 0 Å². The molecule has 1 saturated heterocycles. The molecule has 2 rings (SSSR count). The summed E-state index contributed by atoms with van der Waals surface area (Å²) in [6, 6.07) is 6.73. The number of rotatable bonds is 3. The highest BCUT2D eigenvalue weighted by Crippen LogP contribution is 2.20. The van der Waals surface area contributed by atoms with Gasteiger partial charge >= 0.3 is 0 Å². The molecular formula is C14H22N2O. The number of anilines is 1. The van der Waals surface area contributed by atoms with Gasteiger partial charge in [-0.25, -0.2) is 0 Å². The lowest BCUT2D eigenvalue weighted by Crippen LogP contribution is -2.44. The van der Waals surface area contributed by atoms with Crippen LogP contribution in [0, 0.1) is 6.92 Å². The topological polar surface area (TPSA) is 38.5 Å². The first-order valence-corrected chi connectivity index (χ1v) is 6.38. The number of ether oxygens (including phenoxy) is 1. The molecule has 1 aromatic carbocycles. The SMILES string of the molecule is CCC1COCCN1Cc1cccc(N)c1C. The molecule has 0 radical (unpaired) electrons. The summed E-state index contributed by atoms with van der Waals surface area (Å²) in [5.74, 6) is 0. The second-order valence-electron chi connectivity index (χ2n) is 4.74. The van der Waals surface area contributed by atoms with E-state index < -0.39 is 0 Å². The van der Waals surface area contributed by atoms with Crippen molar-refractivity contribution in [3.8, 4) is 0 Å². The third-order valence-electron chi connectivity index (χ3n) is 3.68. The van der Waals surface area contributed by atoms with Crippen molar-refractivity contribution in [2.45, 2.75) is 32.9 Å². The van der Waals surface area contributed by atoms with Crippen LogP contribution < -0.4 is 5.73 Å².